The van der Waals surface area contributed by atoms with Crippen LogP contribution in [-0.4, -0.2) is 36.2 Å². The van der Waals surface area contributed by atoms with Gasteiger partial charge in [-0.05, 0) is 24.3 Å². The maximum Gasteiger partial charge on any atom is 0.327 e. The van der Waals surface area contributed by atoms with Crippen LogP contribution in [0.1, 0.15) is 36.9 Å². The van der Waals surface area contributed by atoms with E-state index in [1.807, 2.05) is 20.8 Å². The highest BCUT2D eigenvalue weighted by Gasteiger charge is 2.23. The van der Waals surface area contributed by atoms with E-state index in [2.05, 4.69) is 15.5 Å². The number of carbonyl (C=O) groups excluding carboxylic acids is 2. The van der Waals surface area contributed by atoms with Gasteiger partial charge in [0.05, 0.1) is 28.9 Å². The molecule has 0 spiro atoms. The zero-order valence-electron chi connectivity index (χ0n) is 21.0. The second-order valence-corrected chi connectivity index (χ2v) is 9.68. The van der Waals surface area contributed by atoms with Crippen molar-refractivity contribution in [2.24, 2.45) is 5.73 Å². The topological polar surface area (TPSA) is 133 Å². The SMILES string of the molecule is COc1cc2nccc(Oc3ccc(NC(=O)N(C)c4cc(C(C)(C)C)on4)c(Cl)c3)c2cc1C(N)=O. The average Bonchev–Trinajstić information content (AvgIpc) is 3.35. The summed E-state index contributed by atoms with van der Waals surface area (Å²) in [5.74, 6) is 1.55. The fourth-order valence-electron chi connectivity index (χ4n) is 3.47. The zero-order chi connectivity index (χ0) is 26.9. The van der Waals surface area contributed by atoms with E-state index in [0.29, 0.717) is 45.4 Å². The first kappa shape index (κ1) is 25.8. The molecule has 2 aromatic carbocycles. The molecule has 0 aliphatic rings. The number of pyridine rings is 1. The Morgan fingerprint density at radius 2 is 1.86 bits per heavy atom. The van der Waals surface area contributed by atoms with E-state index in [1.54, 1.807) is 55.7 Å². The van der Waals surface area contributed by atoms with Crippen LogP contribution in [0.15, 0.2) is 53.2 Å². The molecular weight excluding hydrogens is 498 g/mol. The molecule has 0 fully saturated rings. The molecule has 11 heteroatoms. The molecule has 0 saturated carbocycles. The monoisotopic (exact) mass is 523 g/mol. The maximum atomic E-state index is 12.8. The number of aromatic nitrogens is 2. The molecule has 3 amide bonds. The van der Waals surface area contributed by atoms with Gasteiger partial charge in [-0.25, -0.2) is 4.79 Å². The van der Waals surface area contributed by atoms with Crippen molar-refractivity contribution in [2.75, 3.05) is 24.4 Å². The normalized spacial score (nSPS) is 11.3. The largest absolute Gasteiger partial charge is 0.496 e. The minimum absolute atomic E-state index is 0.204. The molecular formula is C26H26ClN5O5. The number of hydrogen-bond acceptors (Lipinski definition) is 7. The fraction of sp³-hybridized carbons (Fsp3) is 0.231. The van der Waals surface area contributed by atoms with Crippen molar-refractivity contribution in [3.8, 4) is 17.2 Å². The summed E-state index contributed by atoms with van der Waals surface area (Å²) < 4.78 is 16.6. The van der Waals surface area contributed by atoms with Gasteiger partial charge in [0.15, 0.2) is 5.82 Å². The number of ether oxygens (including phenoxy) is 2. The summed E-state index contributed by atoms with van der Waals surface area (Å²) >= 11 is 6.44. The molecule has 0 atom stereocenters. The Morgan fingerprint density at radius 1 is 1.11 bits per heavy atom. The van der Waals surface area contributed by atoms with Crippen LogP contribution in [0.4, 0.5) is 16.3 Å². The quantitative estimate of drug-likeness (QED) is 0.329. The van der Waals surface area contributed by atoms with E-state index >= 15 is 0 Å². The molecule has 2 heterocycles. The highest BCUT2D eigenvalue weighted by Crippen LogP contribution is 2.35. The van der Waals surface area contributed by atoms with Gasteiger partial charge < -0.3 is 25.0 Å². The van der Waals surface area contributed by atoms with Crippen LogP contribution in [0.2, 0.25) is 5.02 Å². The molecule has 192 valence electrons. The number of nitrogens with one attached hydrogen (secondary N) is 1. The molecule has 0 aliphatic heterocycles. The van der Waals surface area contributed by atoms with Crippen LogP contribution >= 0.6 is 11.6 Å². The van der Waals surface area contributed by atoms with Crippen LogP contribution in [0.5, 0.6) is 17.2 Å². The smallest absolute Gasteiger partial charge is 0.327 e. The van der Waals surface area contributed by atoms with Gasteiger partial charge >= 0.3 is 6.03 Å². The molecule has 37 heavy (non-hydrogen) atoms. The summed E-state index contributed by atoms with van der Waals surface area (Å²) in [5, 5.41) is 7.55. The van der Waals surface area contributed by atoms with E-state index in [9.17, 15) is 9.59 Å². The lowest BCUT2D eigenvalue weighted by molar-refractivity contribution is 0.0997. The molecule has 0 unspecified atom stereocenters. The molecule has 0 radical (unpaired) electrons. The second kappa shape index (κ2) is 9.98. The number of urea groups is 1. The third-order valence-corrected chi connectivity index (χ3v) is 5.90. The van der Waals surface area contributed by atoms with Crippen molar-refractivity contribution in [2.45, 2.75) is 26.2 Å². The Morgan fingerprint density at radius 3 is 2.49 bits per heavy atom. The summed E-state index contributed by atoms with van der Waals surface area (Å²) in [6.07, 6.45) is 1.57. The van der Waals surface area contributed by atoms with E-state index in [1.165, 1.54) is 12.0 Å². The number of carbonyl (C=O) groups is 2. The summed E-state index contributed by atoms with van der Waals surface area (Å²) in [7, 11) is 3.03. The van der Waals surface area contributed by atoms with E-state index in [0.717, 1.165) is 0 Å². The van der Waals surface area contributed by atoms with Gasteiger partial charge in [0.1, 0.15) is 23.0 Å². The molecule has 0 aliphatic carbocycles. The highest BCUT2D eigenvalue weighted by atomic mass is 35.5. The first-order valence-corrected chi connectivity index (χ1v) is 11.6. The Balaban J connectivity index is 1.54. The number of halogens is 1. The number of methoxy groups -OCH3 is 1. The molecule has 10 nitrogen and oxygen atoms in total. The van der Waals surface area contributed by atoms with Crippen LogP contribution in [0.25, 0.3) is 10.9 Å². The second-order valence-electron chi connectivity index (χ2n) is 9.28. The van der Waals surface area contributed by atoms with Crippen molar-refractivity contribution in [1.29, 1.82) is 0 Å². The lowest BCUT2D eigenvalue weighted by Crippen LogP contribution is -2.31. The predicted molar refractivity (Wildman–Crippen MR) is 141 cm³/mol. The predicted octanol–water partition coefficient (Wildman–Crippen LogP) is 5.74. The molecule has 3 N–H and O–H groups in total. The summed E-state index contributed by atoms with van der Waals surface area (Å²) in [6.45, 7) is 5.97. The van der Waals surface area contributed by atoms with Gasteiger partial charge in [-0.3, -0.25) is 14.7 Å². The number of nitrogens with zero attached hydrogens (tertiary/aromatic N) is 3. The number of hydrogen-bond donors (Lipinski definition) is 2. The van der Waals surface area contributed by atoms with E-state index < -0.39 is 11.9 Å². The van der Waals surface area contributed by atoms with Gasteiger partial charge in [0.2, 0.25) is 0 Å². The lowest BCUT2D eigenvalue weighted by Gasteiger charge is -2.16. The highest BCUT2D eigenvalue weighted by molar-refractivity contribution is 6.34. The van der Waals surface area contributed by atoms with E-state index in [4.69, 9.17) is 31.3 Å². The van der Waals surface area contributed by atoms with Crippen molar-refractivity contribution in [3.63, 3.8) is 0 Å². The molecule has 0 saturated heterocycles. The van der Waals surface area contributed by atoms with Gasteiger partial charge in [-0.1, -0.05) is 37.5 Å². The number of nitrogens with two attached hydrogens (primary N) is 1. The third-order valence-electron chi connectivity index (χ3n) is 5.58. The van der Waals surface area contributed by atoms with Crippen LogP contribution in [0, 0.1) is 0 Å². The van der Waals surface area contributed by atoms with Gasteiger partial charge in [0.25, 0.3) is 5.91 Å². The first-order chi connectivity index (χ1) is 17.5. The van der Waals surface area contributed by atoms with Crippen molar-refractivity contribution >= 4 is 45.9 Å². The lowest BCUT2D eigenvalue weighted by atomic mass is 9.93. The van der Waals surface area contributed by atoms with Crippen LogP contribution < -0.4 is 25.4 Å². The third kappa shape index (κ3) is 5.44. The van der Waals surface area contributed by atoms with Crippen molar-refractivity contribution < 1.29 is 23.6 Å². The Hall–Kier alpha value is -4.31. The molecule has 4 rings (SSSR count). The van der Waals surface area contributed by atoms with Gasteiger partial charge in [-0.15, -0.1) is 0 Å². The van der Waals surface area contributed by atoms with Crippen molar-refractivity contribution in [1.82, 2.24) is 10.1 Å². The number of amides is 3. The molecule has 4 aromatic rings. The fourth-order valence-corrected chi connectivity index (χ4v) is 3.68. The number of rotatable bonds is 6. The molecule has 0 bridgehead atoms. The summed E-state index contributed by atoms with van der Waals surface area (Å²) in [6, 6.07) is 10.9. The van der Waals surface area contributed by atoms with Crippen LogP contribution in [0.3, 0.4) is 0 Å². The first-order valence-electron chi connectivity index (χ1n) is 11.2. The summed E-state index contributed by atoms with van der Waals surface area (Å²) in [4.78, 5) is 30.3. The Kier molecular flexibility index (Phi) is 6.95. The maximum absolute atomic E-state index is 12.8. The Bertz CT molecular complexity index is 1490. The number of anilines is 2. The number of primary amides is 1. The van der Waals surface area contributed by atoms with Crippen LogP contribution in [-0.2, 0) is 5.41 Å². The summed E-state index contributed by atoms with van der Waals surface area (Å²) in [5.41, 5.74) is 6.39. The van der Waals surface area contributed by atoms with Gasteiger partial charge in [0, 0.05) is 42.2 Å². The standard InChI is InChI=1S/C26H26ClN5O5/c1-26(2,3)22-13-23(31-37-22)32(4)25(34)30-18-7-6-14(10-17(18)27)36-20-8-9-29-19-12-21(35-5)16(24(28)33)11-15(19)20/h6-13H,1-5H3,(H2,28,33)(H,30,34). The number of fused-ring (bicyclic) bond motifs is 1. The molecule has 2 aromatic heterocycles. The minimum Gasteiger partial charge on any atom is -0.496 e. The van der Waals surface area contributed by atoms with Crippen molar-refractivity contribution in [3.05, 3.63) is 65.0 Å². The van der Waals surface area contributed by atoms with E-state index in [-0.39, 0.29) is 16.0 Å². The average molecular weight is 524 g/mol. The Labute approximate surface area is 218 Å². The zero-order valence-corrected chi connectivity index (χ0v) is 21.7. The van der Waals surface area contributed by atoms with Gasteiger partial charge in [-0.2, -0.15) is 0 Å². The number of benzene rings is 2. The minimum atomic E-state index is -0.637.